The van der Waals surface area contributed by atoms with Gasteiger partial charge in [0.05, 0.1) is 0 Å². The number of nitrogens with zero attached hydrogens (tertiary/aromatic N) is 1. The number of Topliss-reactive ketones (excluding diaryl/α,β-unsaturated/α-hetero) is 2. The Morgan fingerprint density at radius 3 is 1.30 bits per heavy atom. The van der Waals surface area contributed by atoms with Crippen LogP contribution in [0.5, 0.6) is 0 Å². The van der Waals surface area contributed by atoms with Crippen LogP contribution < -0.4 is 0 Å². The molecule has 0 aliphatic carbocycles. The zero-order valence-electron chi connectivity index (χ0n) is 13.7. The van der Waals surface area contributed by atoms with E-state index in [0.717, 1.165) is 0 Å². The van der Waals surface area contributed by atoms with Gasteiger partial charge in [-0.25, -0.2) is 0 Å². The molecule has 5 nitrogen and oxygen atoms in total. The molecular formula is C15H29NO4. The van der Waals surface area contributed by atoms with E-state index in [9.17, 15) is 19.8 Å². The molecule has 0 heterocycles. The van der Waals surface area contributed by atoms with Crippen LogP contribution in [-0.4, -0.2) is 59.0 Å². The maximum atomic E-state index is 11.9. The summed E-state index contributed by atoms with van der Waals surface area (Å²) in [6.45, 7) is 10.7. The molecule has 0 saturated carbocycles. The summed E-state index contributed by atoms with van der Waals surface area (Å²) in [7, 11) is 1.66. The van der Waals surface area contributed by atoms with Gasteiger partial charge in [0.1, 0.15) is 12.2 Å². The highest BCUT2D eigenvalue weighted by Crippen LogP contribution is 2.19. The molecule has 0 spiro atoms. The summed E-state index contributed by atoms with van der Waals surface area (Å²) in [4.78, 5) is 25.3. The molecule has 2 N–H and O–H groups in total. The highest BCUT2D eigenvalue weighted by atomic mass is 16.3. The standard InChI is InChI=1S/C15H29NO4/c1-14(2,3)12(19)10(17)8-16(7)9-11(18)13(20)15(4,5)6/h10-11,17-18H,8-9H2,1-7H3. The summed E-state index contributed by atoms with van der Waals surface area (Å²) >= 11 is 0. The number of rotatable bonds is 6. The van der Waals surface area contributed by atoms with Gasteiger partial charge in [-0.05, 0) is 7.05 Å². The predicted molar refractivity (Wildman–Crippen MR) is 78.4 cm³/mol. The van der Waals surface area contributed by atoms with Gasteiger partial charge in [0, 0.05) is 23.9 Å². The van der Waals surface area contributed by atoms with E-state index < -0.39 is 23.0 Å². The first-order chi connectivity index (χ1) is 8.76. The third-order valence-electron chi connectivity index (χ3n) is 3.05. The molecule has 0 rings (SSSR count). The Morgan fingerprint density at radius 1 is 0.850 bits per heavy atom. The molecule has 0 aromatic rings. The van der Waals surface area contributed by atoms with Crippen molar-refractivity contribution in [2.45, 2.75) is 53.8 Å². The lowest BCUT2D eigenvalue weighted by atomic mass is 9.87. The Labute approximate surface area is 122 Å². The van der Waals surface area contributed by atoms with Crippen molar-refractivity contribution in [3.8, 4) is 0 Å². The number of aliphatic hydroxyl groups excluding tert-OH is 2. The van der Waals surface area contributed by atoms with Crippen LogP contribution in [-0.2, 0) is 9.59 Å². The van der Waals surface area contributed by atoms with E-state index >= 15 is 0 Å². The van der Waals surface area contributed by atoms with Gasteiger partial charge in [0.2, 0.25) is 0 Å². The molecule has 2 unspecified atom stereocenters. The van der Waals surface area contributed by atoms with Crippen LogP contribution in [0.25, 0.3) is 0 Å². The topological polar surface area (TPSA) is 77.8 Å². The van der Waals surface area contributed by atoms with E-state index in [-0.39, 0.29) is 24.7 Å². The van der Waals surface area contributed by atoms with Crippen molar-refractivity contribution in [2.75, 3.05) is 20.1 Å². The minimum absolute atomic E-state index is 0.102. The average Bonchev–Trinajstić information content (AvgIpc) is 2.23. The molecule has 5 heteroatoms. The Hall–Kier alpha value is -0.780. The molecule has 0 aliphatic heterocycles. The fraction of sp³-hybridized carbons (Fsp3) is 0.867. The Kier molecular flexibility index (Phi) is 6.52. The fourth-order valence-electron chi connectivity index (χ4n) is 1.83. The minimum Gasteiger partial charge on any atom is -0.384 e. The smallest absolute Gasteiger partial charge is 0.167 e. The van der Waals surface area contributed by atoms with Gasteiger partial charge in [-0.1, -0.05) is 41.5 Å². The van der Waals surface area contributed by atoms with Gasteiger partial charge >= 0.3 is 0 Å². The number of likely N-dealkylation sites (N-methyl/N-ethyl adjacent to an activating group) is 1. The first kappa shape index (κ1) is 19.2. The Bertz CT molecular complexity index is 318. The van der Waals surface area contributed by atoms with Gasteiger partial charge < -0.3 is 15.1 Å². The van der Waals surface area contributed by atoms with Crippen molar-refractivity contribution in [1.29, 1.82) is 0 Å². The van der Waals surface area contributed by atoms with E-state index in [2.05, 4.69) is 0 Å². The van der Waals surface area contributed by atoms with Crippen LogP contribution in [0.4, 0.5) is 0 Å². The lowest BCUT2D eigenvalue weighted by molar-refractivity contribution is -0.137. The molecule has 118 valence electrons. The van der Waals surface area contributed by atoms with Crippen LogP contribution in [0.1, 0.15) is 41.5 Å². The summed E-state index contributed by atoms with van der Waals surface area (Å²) < 4.78 is 0. The first-order valence-corrected chi connectivity index (χ1v) is 6.90. The fourth-order valence-corrected chi connectivity index (χ4v) is 1.83. The van der Waals surface area contributed by atoms with Crippen molar-refractivity contribution >= 4 is 11.6 Å². The molecule has 0 aliphatic rings. The van der Waals surface area contributed by atoms with E-state index in [4.69, 9.17) is 0 Å². The van der Waals surface area contributed by atoms with Crippen molar-refractivity contribution in [1.82, 2.24) is 4.90 Å². The number of hydrogen-bond acceptors (Lipinski definition) is 5. The van der Waals surface area contributed by atoms with Crippen LogP contribution >= 0.6 is 0 Å². The third-order valence-corrected chi connectivity index (χ3v) is 3.05. The lowest BCUT2D eigenvalue weighted by Gasteiger charge is -2.27. The highest BCUT2D eigenvalue weighted by molar-refractivity contribution is 5.88. The molecule has 2 atom stereocenters. The van der Waals surface area contributed by atoms with E-state index in [1.165, 1.54) is 0 Å². The molecule has 0 fully saturated rings. The first-order valence-electron chi connectivity index (χ1n) is 6.90. The second kappa shape index (κ2) is 6.78. The number of carbonyl (C=O) groups is 2. The lowest BCUT2D eigenvalue weighted by Crippen LogP contribution is -2.45. The van der Waals surface area contributed by atoms with E-state index in [0.29, 0.717) is 0 Å². The summed E-state index contributed by atoms with van der Waals surface area (Å²) in [5.41, 5.74) is -1.22. The van der Waals surface area contributed by atoms with Gasteiger partial charge in [0.15, 0.2) is 11.6 Å². The monoisotopic (exact) mass is 287 g/mol. The van der Waals surface area contributed by atoms with E-state index in [1.54, 1.807) is 53.5 Å². The van der Waals surface area contributed by atoms with Gasteiger partial charge in [-0.3, -0.25) is 9.59 Å². The van der Waals surface area contributed by atoms with Crippen LogP contribution in [0.2, 0.25) is 0 Å². The molecule has 0 amide bonds. The highest BCUT2D eigenvalue weighted by Gasteiger charge is 2.31. The van der Waals surface area contributed by atoms with Crippen molar-refractivity contribution < 1.29 is 19.8 Å². The second-order valence-electron chi connectivity index (χ2n) is 7.48. The molecule has 0 radical (unpaired) electrons. The van der Waals surface area contributed by atoms with Gasteiger partial charge in [0.25, 0.3) is 0 Å². The number of aliphatic hydroxyl groups is 2. The average molecular weight is 287 g/mol. The Balaban J connectivity index is 4.48. The normalized spacial score (nSPS) is 16.1. The third kappa shape index (κ3) is 6.11. The van der Waals surface area contributed by atoms with Crippen molar-refractivity contribution in [3.05, 3.63) is 0 Å². The predicted octanol–water partition coefficient (Wildman–Crippen LogP) is 0.870. The number of hydrogen-bond donors (Lipinski definition) is 2. The molecule has 20 heavy (non-hydrogen) atoms. The van der Waals surface area contributed by atoms with Gasteiger partial charge in [-0.2, -0.15) is 0 Å². The maximum Gasteiger partial charge on any atom is 0.167 e. The Morgan fingerprint density at radius 2 is 1.10 bits per heavy atom. The summed E-state index contributed by atoms with van der Waals surface area (Å²) in [5, 5.41) is 19.8. The van der Waals surface area contributed by atoms with Crippen molar-refractivity contribution in [2.24, 2.45) is 10.8 Å². The second-order valence-corrected chi connectivity index (χ2v) is 7.48. The van der Waals surface area contributed by atoms with Gasteiger partial charge in [-0.15, -0.1) is 0 Å². The van der Waals surface area contributed by atoms with Crippen LogP contribution in [0.15, 0.2) is 0 Å². The zero-order valence-corrected chi connectivity index (χ0v) is 13.7. The summed E-state index contributed by atoms with van der Waals surface area (Å²) in [5.74, 6) is -0.498. The number of ketones is 2. The molecule has 0 aromatic heterocycles. The molecular weight excluding hydrogens is 258 g/mol. The molecule has 0 bridgehead atoms. The van der Waals surface area contributed by atoms with Crippen LogP contribution in [0.3, 0.4) is 0 Å². The van der Waals surface area contributed by atoms with Crippen LogP contribution in [0, 0.1) is 10.8 Å². The zero-order chi connectivity index (χ0) is 16.3. The minimum atomic E-state index is -1.11. The van der Waals surface area contributed by atoms with Crippen molar-refractivity contribution in [3.63, 3.8) is 0 Å². The summed E-state index contributed by atoms with van der Waals surface area (Å²) in [6.07, 6.45) is -2.23. The SMILES string of the molecule is CN(CC(O)C(=O)C(C)(C)C)CC(O)C(=O)C(C)(C)C. The molecule has 0 saturated heterocycles. The maximum absolute atomic E-state index is 11.9. The number of carbonyl (C=O) groups excluding carboxylic acids is 2. The largest absolute Gasteiger partial charge is 0.384 e. The summed E-state index contributed by atoms with van der Waals surface area (Å²) in [6, 6.07) is 0. The van der Waals surface area contributed by atoms with E-state index in [1.807, 2.05) is 0 Å². The quantitative estimate of drug-likeness (QED) is 0.758. The molecule has 0 aromatic carbocycles.